The minimum Gasteiger partial charge on any atom is -0.396 e. The summed E-state index contributed by atoms with van der Waals surface area (Å²) in [5.41, 5.74) is 0. The van der Waals surface area contributed by atoms with E-state index in [9.17, 15) is 0 Å². The number of aliphatic hydroxyl groups excluding tert-OH is 1. The van der Waals surface area contributed by atoms with Crippen LogP contribution in [0.3, 0.4) is 0 Å². The molecule has 0 aromatic heterocycles. The van der Waals surface area contributed by atoms with Crippen molar-refractivity contribution in [1.29, 1.82) is 0 Å². The van der Waals surface area contributed by atoms with Crippen LogP contribution in [-0.2, 0) is 0 Å². The van der Waals surface area contributed by atoms with Crippen molar-refractivity contribution in [2.75, 3.05) is 19.7 Å². The van der Waals surface area contributed by atoms with Crippen LogP contribution < -0.4 is 0 Å². The van der Waals surface area contributed by atoms with Crippen molar-refractivity contribution in [1.82, 2.24) is 4.90 Å². The van der Waals surface area contributed by atoms with Gasteiger partial charge in [-0.3, -0.25) is 0 Å². The molecule has 0 aromatic carbocycles. The summed E-state index contributed by atoms with van der Waals surface area (Å²) in [6.07, 6.45) is 8.02. The monoisotopic (exact) mass is 183 g/mol. The van der Waals surface area contributed by atoms with Gasteiger partial charge < -0.3 is 10.0 Å². The van der Waals surface area contributed by atoms with Crippen LogP contribution in [0.1, 0.15) is 38.5 Å². The van der Waals surface area contributed by atoms with E-state index in [1.54, 1.807) is 0 Å². The summed E-state index contributed by atoms with van der Waals surface area (Å²) in [4.78, 5) is 2.66. The molecule has 2 nitrogen and oxygen atoms in total. The number of nitrogens with zero attached hydrogens (tertiary/aromatic N) is 1. The maximum atomic E-state index is 8.90. The highest BCUT2D eigenvalue weighted by molar-refractivity contribution is 4.86. The first-order chi connectivity index (χ1) is 6.40. The minimum atomic E-state index is 0.380. The molecule has 76 valence electrons. The number of rotatable bonds is 2. The van der Waals surface area contributed by atoms with Gasteiger partial charge in [0.1, 0.15) is 0 Å². The van der Waals surface area contributed by atoms with E-state index in [1.807, 2.05) is 0 Å². The average molecular weight is 183 g/mol. The van der Waals surface area contributed by atoms with E-state index in [4.69, 9.17) is 5.11 Å². The average Bonchev–Trinajstić information content (AvgIpc) is 2.37. The molecule has 1 N–H and O–H groups in total. The summed E-state index contributed by atoms with van der Waals surface area (Å²) >= 11 is 0. The normalized spacial score (nSPS) is 35.8. The second-order valence-corrected chi connectivity index (χ2v) is 4.61. The van der Waals surface area contributed by atoms with Gasteiger partial charge in [-0.05, 0) is 38.1 Å². The summed E-state index contributed by atoms with van der Waals surface area (Å²) in [5, 5.41) is 8.90. The largest absolute Gasteiger partial charge is 0.396 e. The van der Waals surface area contributed by atoms with E-state index in [0.29, 0.717) is 6.61 Å². The van der Waals surface area contributed by atoms with Crippen molar-refractivity contribution in [2.24, 2.45) is 5.92 Å². The van der Waals surface area contributed by atoms with Crippen molar-refractivity contribution < 1.29 is 5.11 Å². The predicted octanol–water partition coefficient (Wildman–Crippen LogP) is 1.63. The van der Waals surface area contributed by atoms with Crippen molar-refractivity contribution in [3.8, 4) is 0 Å². The molecule has 2 unspecified atom stereocenters. The zero-order valence-corrected chi connectivity index (χ0v) is 8.41. The fourth-order valence-corrected chi connectivity index (χ4v) is 2.93. The first-order valence-electron chi connectivity index (χ1n) is 5.75. The lowest BCUT2D eigenvalue weighted by Gasteiger charge is -2.20. The van der Waals surface area contributed by atoms with Crippen molar-refractivity contribution >= 4 is 0 Å². The molecule has 13 heavy (non-hydrogen) atoms. The fraction of sp³-hybridized carbons (Fsp3) is 1.00. The summed E-state index contributed by atoms with van der Waals surface area (Å²) in [6.45, 7) is 2.95. The Morgan fingerprint density at radius 1 is 1.23 bits per heavy atom. The minimum absolute atomic E-state index is 0.380. The van der Waals surface area contributed by atoms with E-state index in [2.05, 4.69) is 4.90 Å². The predicted molar refractivity (Wildman–Crippen MR) is 53.6 cm³/mol. The van der Waals surface area contributed by atoms with E-state index >= 15 is 0 Å². The molecule has 0 aromatic rings. The first-order valence-corrected chi connectivity index (χ1v) is 5.75. The first kappa shape index (κ1) is 9.47. The van der Waals surface area contributed by atoms with E-state index in [0.717, 1.165) is 18.4 Å². The molecule has 2 heteroatoms. The van der Waals surface area contributed by atoms with E-state index < -0.39 is 0 Å². The zero-order valence-electron chi connectivity index (χ0n) is 8.41. The maximum absolute atomic E-state index is 8.90. The lowest BCUT2D eigenvalue weighted by molar-refractivity contribution is 0.241. The number of hydrogen-bond donors (Lipinski definition) is 1. The summed E-state index contributed by atoms with van der Waals surface area (Å²) in [5.74, 6) is 0.785. The van der Waals surface area contributed by atoms with Gasteiger partial charge in [-0.1, -0.05) is 12.8 Å². The maximum Gasteiger partial charge on any atom is 0.0434 e. The van der Waals surface area contributed by atoms with E-state index in [-0.39, 0.29) is 0 Å². The molecule has 0 saturated carbocycles. The van der Waals surface area contributed by atoms with Crippen LogP contribution in [0.2, 0.25) is 0 Å². The molecule has 2 atom stereocenters. The molecule has 2 saturated heterocycles. The quantitative estimate of drug-likeness (QED) is 0.703. The van der Waals surface area contributed by atoms with E-state index in [1.165, 1.54) is 45.2 Å². The topological polar surface area (TPSA) is 23.5 Å². The summed E-state index contributed by atoms with van der Waals surface area (Å²) in [7, 11) is 0. The molecular weight excluding hydrogens is 162 g/mol. The second kappa shape index (κ2) is 4.43. The van der Waals surface area contributed by atoms with Crippen LogP contribution in [0.25, 0.3) is 0 Å². The highest BCUT2D eigenvalue weighted by Gasteiger charge is 2.31. The van der Waals surface area contributed by atoms with Crippen LogP contribution in [0.15, 0.2) is 0 Å². The SMILES string of the molecule is OCCC1CC2CCCCCN2C1. The van der Waals surface area contributed by atoms with Crippen molar-refractivity contribution in [2.45, 2.75) is 44.6 Å². The zero-order chi connectivity index (χ0) is 9.10. The summed E-state index contributed by atoms with van der Waals surface area (Å²) < 4.78 is 0. The molecule has 2 rings (SSSR count). The Morgan fingerprint density at radius 3 is 3.00 bits per heavy atom. The molecule has 2 aliphatic heterocycles. The molecule has 0 radical (unpaired) electrons. The Balaban J connectivity index is 1.86. The van der Waals surface area contributed by atoms with Gasteiger partial charge in [-0.25, -0.2) is 0 Å². The van der Waals surface area contributed by atoms with Crippen molar-refractivity contribution in [3.05, 3.63) is 0 Å². The third-order valence-corrected chi connectivity index (χ3v) is 3.63. The van der Waals surface area contributed by atoms with Crippen LogP contribution in [0, 0.1) is 5.92 Å². The van der Waals surface area contributed by atoms with Gasteiger partial charge in [-0.15, -0.1) is 0 Å². The van der Waals surface area contributed by atoms with Crippen LogP contribution in [-0.4, -0.2) is 35.7 Å². The summed E-state index contributed by atoms with van der Waals surface area (Å²) in [6, 6.07) is 0.860. The molecule has 0 bridgehead atoms. The Bertz CT molecular complexity index is 146. The van der Waals surface area contributed by atoms with Crippen LogP contribution in [0.5, 0.6) is 0 Å². The molecule has 0 spiro atoms. The lowest BCUT2D eigenvalue weighted by Crippen LogP contribution is -2.28. The molecule has 0 amide bonds. The Hall–Kier alpha value is -0.0800. The Morgan fingerprint density at radius 2 is 2.15 bits per heavy atom. The van der Waals surface area contributed by atoms with Gasteiger partial charge in [0, 0.05) is 19.2 Å². The van der Waals surface area contributed by atoms with Gasteiger partial charge in [0.05, 0.1) is 0 Å². The Labute approximate surface area is 80.9 Å². The molecule has 2 heterocycles. The second-order valence-electron chi connectivity index (χ2n) is 4.61. The number of aliphatic hydroxyl groups is 1. The lowest BCUT2D eigenvalue weighted by atomic mass is 9.99. The molecule has 0 aliphatic carbocycles. The van der Waals surface area contributed by atoms with Gasteiger partial charge in [-0.2, -0.15) is 0 Å². The van der Waals surface area contributed by atoms with Crippen LogP contribution >= 0.6 is 0 Å². The van der Waals surface area contributed by atoms with Gasteiger partial charge in [0.15, 0.2) is 0 Å². The van der Waals surface area contributed by atoms with Gasteiger partial charge >= 0.3 is 0 Å². The smallest absolute Gasteiger partial charge is 0.0434 e. The highest BCUT2D eigenvalue weighted by atomic mass is 16.3. The van der Waals surface area contributed by atoms with Gasteiger partial charge in [0.2, 0.25) is 0 Å². The van der Waals surface area contributed by atoms with Crippen LogP contribution in [0.4, 0.5) is 0 Å². The highest BCUT2D eigenvalue weighted by Crippen LogP contribution is 2.31. The third-order valence-electron chi connectivity index (χ3n) is 3.63. The molecule has 2 fully saturated rings. The Kier molecular flexibility index (Phi) is 3.23. The van der Waals surface area contributed by atoms with Gasteiger partial charge in [0.25, 0.3) is 0 Å². The fourth-order valence-electron chi connectivity index (χ4n) is 2.93. The number of fused-ring (bicyclic) bond motifs is 1. The molecular formula is C11H21NO. The molecule has 2 aliphatic rings. The third kappa shape index (κ3) is 2.23. The number of hydrogen-bond acceptors (Lipinski definition) is 2. The standard InChI is InChI=1S/C11H21NO/c13-7-5-10-8-11-4-2-1-3-6-12(11)9-10/h10-11,13H,1-9H2. The van der Waals surface area contributed by atoms with Crippen molar-refractivity contribution in [3.63, 3.8) is 0 Å².